The molecule has 0 spiro atoms. The molecule has 0 aliphatic rings. The molecule has 0 bridgehead atoms. The molecule has 0 atom stereocenters. The second-order valence-electron chi connectivity index (χ2n) is 3.13. The number of carboxylic acid groups (broad SMARTS) is 4. The van der Waals surface area contributed by atoms with E-state index in [4.69, 9.17) is 30.0 Å². The third-order valence-electron chi connectivity index (χ3n) is 1.49. The number of hydrogen-bond acceptors (Lipinski definition) is 8. The van der Waals surface area contributed by atoms with E-state index in [1.54, 1.807) is 24.3 Å². The zero-order chi connectivity index (χ0) is 17.4. The van der Waals surface area contributed by atoms with Crippen molar-refractivity contribution < 1.29 is 40.2 Å². The molecule has 0 fully saturated rings. The minimum Gasteiger partial charge on any atom is -0.872 e. The molecule has 2 rings (SSSR count). The molecule has 0 amide bonds. The Morgan fingerprint density at radius 3 is 0.760 bits per heavy atom. The van der Waals surface area contributed by atoms with Crippen LogP contribution in [0, 0.1) is 0 Å². The molecule has 0 aliphatic carbocycles. The second-order valence-corrected chi connectivity index (χ2v) is 3.13. The van der Waals surface area contributed by atoms with Gasteiger partial charge < -0.3 is 40.2 Å². The monoisotopic (exact) mass is 426 g/mol. The molecule has 25 heavy (non-hydrogen) atoms. The van der Waals surface area contributed by atoms with Crippen LogP contribution >= 0.6 is 0 Å². The van der Waals surface area contributed by atoms with Crippen LogP contribution in [0.4, 0.5) is 9.59 Å². The van der Waals surface area contributed by atoms with Crippen LogP contribution in [0.15, 0.2) is 60.7 Å². The number of rotatable bonds is 0. The maximum Gasteiger partial charge on any atom is 2.00 e. The largest absolute Gasteiger partial charge is 2.00 e. The van der Waals surface area contributed by atoms with Gasteiger partial charge in [-0.2, -0.15) is 0 Å². The minimum atomic E-state index is -2.33. The summed E-state index contributed by atoms with van der Waals surface area (Å²) < 4.78 is 0. The van der Waals surface area contributed by atoms with Crippen LogP contribution in [0.3, 0.4) is 0 Å². The van der Waals surface area contributed by atoms with Crippen LogP contribution in [-0.4, -0.2) is 126 Å². The summed E-state index contributed by atoms with van der Waals surface area (Å²) in [6, 6.07) is 16.7. The first kappa shape index (κ1) is 36.3. The number of carbonyl (C=O) groups is 2. The summed E-state index contributed by atoms with van der Waals surface area (Å²) >= 11 is 0. The average molecular weight is 426 g/mol. The maximum absolute atomic E-state index is 10.3. The van der Waals surface area contributed by atoms with E-state index in [0.29, 0.717) is 0 Å². The van der Waals surface area contributed by atoms with E-state index in [1.807, 2.05) is 12.1 Å². The van der Waals surface area contributed by atoms with Crippen molar-refractivity contribution in [3.8, 4) is 11.5 Å². The topological polar surface area (TPSA) is 172 Å². The first-order chi connectivity index (χ1) is 10.3. The molecule has 0 radical (unpaired) electrons. The fraction of sp³-hybridized carbons (Fsp3) is 0. The van der Waals surface area contributed by atoms with Crippen molar-refractivity contribution in [3.05, 3.63) is 60.7 Å². The summed E-state index contributed by atoms with van der Waals surface area (Å²) in [7, 11) is 0. The second kappa shape index (κ2) is 26.6. The van der Waals surface area contributed by atoms with Crippen molar-refractivity contribution in [2.45, 2.75) is 0 Å². The summed E-state index contributed by atoms with van der Waals surface area (Å²) in [6.45, 7) is 0. The Kier molecular flexibility index (Phi) is 38.6. The first-order valence-corrected chi connectivity index (χ1v) is 5.45. The molecule has 0 N–H and O–H groups in total. The van der Waals surface area contributed by atoms with Crippen LogP contribution in [0.5, 0.6) is 11.5 Å². The van der Waals surface area contributed by atoms with Gasteiger partial charge in [0.15, 0.2) is 0 Å². The quantitative estimate of drug-likeness (QED) is 0.379. The standard InChI is InChI=1S/2C6H6O.2CH2O3.3Ca/c2*7-6-4-2-1-3-5-6;2*2-1(3)4;;;/h2*1-5,7H;2*(H2,2,3,4);;;/q;;;;3*+2/p-6. The normalized spacial score (nSPS) is 6.72. The van der Waals surface area contributed by atoms with Gasteiger partial charge in [0.25, 0.3) is 0 Å². The van der Waals surface area contributed by atoms with Gasteiger partial charge in [0.05, 0.1) is 0 Å². The Morgan fingerprint density at radius 2 is 0.680 bits per heavy atom. The summed E-state index contributed by atoms with van der Waals surface area (Å²) in [5, 5.41) is 53.9. The van der Waals surface area contributed by atoms with Gasteiger partial charge in [0, 0.05) is 0 Å². The number of para-hydroxylation sites is 2. The van der Waals surface area contributed by atoms with Crippen LogP contribution in [0.1, 0.15) is 0 Å². The third kappa shape index (κ3) is 45.5. The van der Waals surface area contributed by atoms with Gasteiger partial charge in [-0.25, -0.2) is 0 Å². The van der Waals surface area contributed by atoms with Crippen molar-refractivity contribution in [3.63, 3.8) is 0 Å². The minimum absolute atomic E-state index is 0. The molecule has 0 heterocycles. The molecule has 2 aromatic carbocycles. The fourth-order valence-electron chi connectivity index (χ4n) is 0.841. The van der Waals surface area contributed by atoms with Gasteiger partial charge in [-0.1, -0.05) is 60.7 Å². The zero-order valence-corrected chi connectivity index (χ0v) is 19.8. The van der Waals surface area contributed by atoms with Crippen molar-refractivity contribution >= 4 is 126 Å². The SMILES string of the molecule is O=C([O-])[O-].O=C([O-])[O-].[Ca+2].[Ca+2].[Ca+2].[O-]c1ccccc1.[O-]c1ccccc1. The summed E-state index contributed by atoms with van der Waals surface area (Å²) in [6.07, 6.45) is -4.67. The van der Waals surface area contributed by atoms with Crippen molar-refractivity contribution in [2.24, 2.45) is 0 Å². The van der Waals surface area contributed by atoms with Crippen LogP contribution in [0.25, 0.3) is 0 Å². The van der Waals surface area contributed by atoms with Gasteiger partial charge >= 0.3 is 113 Å². The van der Waals surface area contributed by atoms with Gasteiger partial charge in [-0.3, -0.25) is 0 Å². The number of hydrogen-bond donors (Lipinski definition) is 0. The molecule has 8 nitrogen and oxygen atoms in total. The predicted octanol–water partition coefficient (Wildman–Crippen LogP) is -4.52. The molecule has 0 aliphatic heterocycles. The average Bonchev–Trinajstić information content (AvgIpc) is 2.40. The van der Waals surface area contributed by atoms with E-state index in [9.17, 15) is 10.2 Å². The van der Waals surface area contributed by atoms with Crippen molar-refractivity contribution in [1.82, 2.24) is 0 Å². The first-order valence-electron chi connectivity index (χ1n) is 5.45. The van der Waals surface area contributed by atoms with Crippen molar-refractivity contribution in [1.29, 1.82) is 0 Å². The summed E-state index contributed by atoms with van der Waals surface area (Å²) in [5.74, 6) is 0.144. The van der Waals surface area contributed by atoms with E-state index in [-0.39, 0.29) is 125 Å². The van der Waals surface area contributed by atoms with Crippen molar-refractivity contribution in [2.75, 3.05) is 0 Å². The maximum atomic E-state index is 10.3. The van der Waals surface area contributed by atoms with Gasteiger partial charge in [0.1, 0.15) is 0 Å². The Labute approximate surface area is 234 Å². The molecule has 2 aromatic rings. The summed E-state index contributed by atoms with van der Waals surface area (Å²) in [4.78, 5) is 16.7. The summed E-state index contributed by atoms with van der Waals surface area (Å²) in [5.41, 5.74) is 0. The molecule has 11 heteroatoms. The fourth-order valence-corrected chi connectivity index (χ4v) is 0.841. The molecular formula is C14H10Ca3O8. The van der Waals surface area contributed by atoms with E-state index in [0.717, 1.165) is 0 Å². The number of benzene rings is 2. The Balaban J connectivity index is -0.0000000709. The Hall–Kier alpha value is 0.359. The van der Waals surface area contributed by atoms with Gasteiger partial charge in [-0.15, -0.1) is 11.5 Å². The van der Waals surface area contributed by atoms with Gasteiger partial charge in [0.2, 0.25) is 0 Å². The van der Waals surface area contributed by atoms with E-state index in [2.05, 4.69) is 0 Å². The van der Waals surface area contributed by atoms with E-state index < -0.39 is 12.3 Å². The predicted molar refractivity (Wildman–Crippen MR) is 79.8 cm³/mol. The van der Waals surface area contributed by atoms with Crippen LogP contribution < -0.4 is 30.6 Å². The Morgan fingerprint density at radius 1 is 0.520 bits per heavy atom. The third-order valence-corrected chi connectivity index (χ3v) is 1.49. The van der Waals surface area contributed by atoms with Crippen LogP contribution in [-0.2, 0) is 0 Å². The molecule has 0 saturated carbocycles. The molecule has 0 saturated heterocycles. The van der Waals surface area contributed by atoms with E-state index in [1.165, 1.54) is 24.3 Å². The van der Waals surface area contributed by atoms with Crippen LogP contribution in [0.2, 0.25) is 0 Å². The molecule has 0 unspecified atom stereocenters. The number of carbonyl (C=O) groups excluding carboxylic acids is 2. The Bertz CT molecular complexity index is 469. The molecule has 120 valence electrons. The van der Waals surface area contributed by atoms with Gasteiger partial charge in [-0.05, 0) is 12.3 Å². The molecular weight excluding hydrogens is 416 g/mol. The molecule has 0 aromatic heterocycles. The smallest absolute Gasteiger partial charge is 0.872 e. The zero-order valence-electron chi connectivity index (χ0n) is 13.2. The van der Waals surface area contributed by atoms with E-state index >= 15 is 0 Å².